The van der Waals surface area contributed by atoms with Crippen LogP contribution in [0.1, 0.15) is 42.5 Å². The summed E-state index contributed by atoms with van der Waals surface area (Å²) in [5.41, 5.74) is 2.11. The molecule has 1 aliphatic rings. The Kier molecular flexibility index (Phi) is 5.77. The van der Waals surface area contributed by atoms with Crippen molar-refractivity contribution in [1.29, 1.82) is 0 Å². The highest BCUT2D eigenvalue weighted by atomic mass is 16.5. The summed E-state index contributed by atoms with van der Waals surface area (Å²) in [6.45, 7) is 10.5. The maximum Gasteiger partial charge on any atom is 0.340 e. The largest absolute Gasteiger partial charge is 0.462 e. The molecule has 0 aliphatic carbocycles. The predicted octanol–water partition coefficient (Wildman–Crippen LogP) is 2.52. The quantitative estimate of drug-likeness (QED) is 0.859. The minimum Gasteiger partial charge on any atom is -0.462 e. The van der Waals surface area contributed by atoms with Gasteiger partial charge in [0.15, 0.2) is 0 Å². The standard InChI is InChI=1S/C17H25N3O4/c1-6-23-16(21)14-7-15(13(5)18-12(14)4)19-17(22)20-8-10(2)24-11(3)9-20/h7,10-11H,6,8-9H2,1-5H3,(H,19,22)/t10-,11-/m0/s1. The van der Waals surface area contributed by atoms with Crippen LogP contribution in [0.25, 0.3) is 0 Å². The van der Waals surface area contributed by atoms with E-state index in [-0.39, 0.29) is 24.8 Å². The Morgan fingerprint density at radius 1 is 1.29 bits per heavy atom. The Balaban J connectivity index is 2.18. The summed E-state index contributed by atoms with van der Waals surface area (Å²) < 4.78 is 10.7. The van der Waals surface area contributed by atoms with Crippen molar-refractivity contribution in [3.63, 3.8) is 0 Å². The molecule has 0 spiro atoms. The topological polar surface area (TPSA) is 80.8 Å². The number of nitrogens with zero attached hydrogens (tertiary/aromatic N) is 2. The fourth-order valence-corrected chi connectivity index (χ4v) is 2.81. The van der Waals surface area contributed by atoms with Crippen LogP contribution in [0, 0.1) is 13.8 Å². The first-order chi connectivity index (χ1) is 11.3. The molecule has 132 valence electrons. The first kappa shape index (κ1) is 18.2. The van der Waals surface area contributed by atoms with Crippen molar-refractivity contribution in [3.8, 4) is 0 Å². The Bertz CT molecular complexity index is 623. The number of anilines is 1. The van der Waals surface area contributed by atoms with Crippen LogP contribution in [0.4, 0.5) is 10.5 Å². The maximum absolute atomic E-state index is 12.5. The number of nitrogens with one attached hydrogen (secondary N) is 1. The molecule has 0 unspecified atom stereocenters. The number of esters is 1. The number of ether oxygens (including phenoxy) is 2. The van der Waals surface area contributed by atoms with Crippen LogP contribution in [0.2, 0.25) is 0 Å². The minimum absolute atomic E-state index is 0.00756. The van der Waals surface area contributed by atoms with Crippen LogP contribution in [-0.4, -0.2) is 53.8 Å². The van der Waals surface area contributed by atoms with Gasteiger partial charge in [-0.3, -0.25) is 4.98 Å². The molecule has 0 aromatic carbocycles. The summed E-state index contributed by atoms with van der Waals surface area (Å²) in [4.78, 5) is 30.6. The van der Waals surface area contributed by atoms with Gasteiger partial charge in [0.2, 0.25) is 0 Å². The number of urea groups is 1. The van der Waals surface area contributed by atoms with E-state index in [1.54, 1.807) is 31.7 Å². The first-order valence-corrected chi connectivity index (χ1v) is 8.18. The van der Waals surface area contributed by atoms with Gasteiger partial charge in [-0.15, -0.1) is 0 Å². The van der Waals surface area contributed by atoms with Crippen molar-refractivity contribution < 1.29 is 19.1 Å². The maximum atomic E-state index is 12.5. The van der Waals surface area contributed by atoms with Gasteiger partial charge in [-0.1, -0.05) is 0 Å². The third-order valence-electron chi connectivity index (χ3n) is 3.85. The molecule has 0 bridgehead atoms. The van der Waals surface area contributed by atoms with E-state index in [0.29, 0.717) is 35.7 Å². The van der Waals surface area contributed by atoms with Crippen LogP contribution in [0.15, 0.2) is 6.07 Å². The first-order valence-electron chi connectivity index (χ1n) is 8.18. The lowest BCUT2D eigenvalue weighted by Gasteiger charge is -2.35. The van der Waals surface area contributed by atoms with Crippen molar-refractivity contribution in [2.75, 3.05) is 25.0 Å². The molecule has 0 radical (unpaired) electrons. The monoisotopic (exact) mass is 335 g/mol. The second-order valence-corrected chi connectivity index (χ2v) is 6.07. The van der Waals surface area contributed by atoms with Gasteiger partial charge in [0, 0.05) is 13.1 Å². The van der Waals surface area contributed by atoms with E-state index in [9.17, 15) is 9.59 Å². The van der Waals surface area contributed by atoms with Crippen molar-refractivity contribution in [2.45, 2.75) is 46.8 Å². The number of hydrogen-bond donors (Lipinski definition) is 1. The summed E-state index contributed by atoms with van der Waals surface area (Å²) in [7, 11) is 0. The van der Waals surface area contributed by atoms with Crippen molar-refractivity contribution in [1.82, 2.24) is 9.88 Å². The average Bonchev–Trinajstić information content (AvgIpc) is 2.49. The fourth-order valence-electron chi connectivity index (χ4n) is 2.81. The van der Waals surface area contributed by atoms with Crippen molar-refractivity contribution in [3.05, 3.63) is 23.0 Å². The molecule has 1 aliphatic heterocycles. The number of rotatable bonds is 3. The summed E-state index contributed by atoms with van der Waals surface area (Å²) in [6, 6.07) is 1.40. The summed E-state index contributed by atoms with van der Waals surface area (Å²) in [5, 5.41) is 2.85. The second-order valence-electron chi connectivity index (χ2n) is 6.07. The number of aryl methyl sites for hydroxylation is 2. The van der Waals surface area contributed by atoms with Gasteiger partial charge in [-0.05, 0) is 40.7 Å². The number of carbonyl (C=O) groups excluding carboxylic acids is 2. The van der Waals surface area contributed by atoms with Crippen LogP contribution >= 0.6 is 0 Å². The zero-order valence-electron chi connectivity index (χ0n) is 14.9. The molecule has 1 aromatic rings. The highest BCUT2D eigenvalue weighted by molar-refractivity contribution is 5.95. The lowest BCUT2D eigenvalue weighted by molar-refractivity contribution is -0.0530. The molecule has 7 nitrogen and oxygen atoms in total. The van der Waals surface area contributed by atoms with E-state index in [1.807, 2.05) is 13.8 Å². The zero-order valence-corrected chi connectivity index (χ0v) is 14.9. The zero-order chi connectivity index (χ0) is 17.9. The molecule has 7 heteroatoms. The molecule has 1 fully saturated rings. The van der Waals surface area contributed by atoms with Crippen LogP contribution < -0.4 is 5.32 Å². The van der Waals surface area contributed by atoms with Crippen molar-refractivity contribution >= 4 is 17.7 Å². The smallest absolute Gasteiger partial charge is 0.340 e. The molecule has 0 saturated carbocycles. The van der Waals surface area contributed by atoms with Gasteiger partial charge in [-0.25, -0.2) is 9.59 Å². The molecule has 1 aromatic heterocycles. The molecule has 2 amide bonds. The van der Waals surface area contributed by atoms with Gasteiger partial charge in [0.1, 0.15) is 0 Å². The number of pyridine rings is 1. The fraction of sp³-hybridized carbons (Fsp3) is 0.588. The van der Waals surface area contributed by atoms with Gasteiger partial charge in [0.05, 0.1) is 41.5 Å². The highest BCUT2D eigenvalue weighted by Crippen LogP contribution is 2.20. The number of aromatic nitrogens is 1. The molecule has 24 heavy (non-hydrogen) atoms. The Morgan fingerprint density at radius 2 is 1.92 bits per heavy atom. The lowest BCUT2D eigenvalue weighted by atomic mass is 10.1. The minimum atomic E-state index is -0.438. The van der Waals surface area contributed by atoms with Gasteiger partial charge >= 0.3 is 12.0 Å². The van der Waals surface area contributed by atoms with E-state index >= 15 is 0 Å². The normalized spacial score (nSPS) is 20.6. The SMILES string of the molecule is CCOC(=O)c1cc(NC(=O)N2C[C@H](C)O[C@@H](C)C2)c(C)nc1C. The Hall–Kier alpha value is -2.15. The molecule has 1 N–H and O–H groups in total. The van der Waals surface area contributed by atoms with Crippen LogP contribution in [0.5, 0.6) is 0 Å². The van der Waals surface area contributed by atoms with Crippen LogP contribution in [0.3, 0.4) is 0 Å². The van der Waals surface area contributed by atoms with Gasteiger partial charge in [-0.2, -0.15) is 0 Å². The molecule has 2 rings (SSSR count). The Morgan fingerprint density at radius 3 is 2.50 bits per heavy atom. The number of amides is 2. The number of hydrogen-bond acceptors (Lipinski definition) is 5. The molecule has 2 heterocycles. The van der Waals surface area contributed by atoms with E-state index in [1.165, 1.54) is 0 Å². The molecule has 1 saturated heterocycles. The van der Waals surface area contributed by atoms with E-state index in [0.717, 1.165) is 0 Å². The third kappa shape index (κ3) is 4.23. The molecular formula is C17H25N3O4. The van der Waals surface area contributed by atoms with Gasteiger partial charge < -0.3 is 19.7 Å². The third-order valence-corrected chi connectivity index (χ3v) is 3.85. The predicted molar refractivity (Wildman–Crippen MR) is 90.3 cm³/mol. The summed E-state index contributed by atoms with van der Waals surface area (Å²) >= 11 is 0. The van der Waals surface area contributed by atoms with E-state index in [2.05, 4.69) is 10.3 Å². The summed E-state index contributed by atoms with van der Waals surface area (Å²) in [5.74, 6) is -0.438. The lowest BCUT2D eigenvalue weighted by Crippen LogP contribution is -2.49. The number of morpholine rings is 1. The van der Waals surface area contributed by atoms with Gasteiger partial charge in [0.25, 0.3) is 0 Å². The summed E-state index contributed by atoms with van der Waals surface area (Å²) in [6.07, 6.45) is -0.0151. The number of carbonyl (C=O) groups is 2. The Labute approximate surface area is 142 Å². The average molecular weight is 335 g/mol. The highest BCUT2D eigenvalue weighted by Gasteiger charge is 2.26. The molecular weight excluding hydrogens is 310 g/mol. The van der Waals surface area contributed by atoms with E-state index < -0.39 is 5.97 Å². The molecule has 2 atom stereocenters. The van der Waals surface area contributed by atoms with E-state index in [4.69, 9.17) is 9.47 Å². The van der Waals surface area contributed by atoms with Crippen molar-refractivity contribution in [2.24, 2.45) is 0 Å². The van der Waals surface area contributed by atoms with Crippen LogP contribution in [-0.2, 0) is 9.47 Å². The second kappa shape index (κ2) is 7.61.